The van der Waals surface area contributed by atoms with Gasteiger partial charge in [0.2, 0.25) is 0 Å². The van der Waals surface area contributed by atoms with E-state index in [1.807, 2.05) is 13.8 Å². The molecule has 4 heteroatoms. The van der Waals surface area contributed by atoms with E-state index in [1.54, 1.807) is 13.0 Å². The Hall–Kier alpha value is -0.870. The first-order chi connectivity index (χ1) is 6.97. The average Bonchev–Trinajstić information content (AvgIpc) is 2.75. The second-order valence-corrected chi connectivity index (χ2v) is 4.10. The molecule has 1 saturated heterocycles. The van der Waals surface area contributed by atoms with Crippen LogP contribution < -0.4 is 0 Å². The van der Waals surface area contributed by atoms with Gasteiger partial charge in [0, 0.05) is 6.08 Å². The van der Waals surface area contributed by atoms with Crippen molar-refractivity contribution >= 4 is 5.97 Å². The van der Waals surface area contributed by atoms with Gasteiger partial charge in [0.05, 0.1) is 18.3 Å². The van der Waals surface area contributed by atoms with E-state index in [0.29, 0.717) is 13.0 Å². The number of aliphatic hydroxyl groups excluding tert-OH is 1. The summed E-state index contributed by atoms with van der Waals surface area (Å²) in [5.74, 6) is -0.374. The molecule has 0 saturated carbocycles. The average molecular weight is 214 g/mol. The Kier molecular flexibility index (Phi) is 3.88. The molecule has 0 radical (unpaired) electrons. The van der Waals surface area contributed by atoms with E-state index in [2.05, 4.69) is 0 Å². The van der Waals surface area contributed by atoms with Gasteiger partial charge >= 0.3 is 5.97 Å². The number of hydrogen-bond donors (Lipinski definition) is 1. The number of carbonyl (C=O) groups is 1. The molecule has 1 aliphatic rings. The van der Waals surface area contributed by atoms with Crippen LogP contribution in [0.3, 0.4) is 0 Å². The fourth-order valence-corrected chi connectivity index (χ4v) is 1.45. The predicted molar refractivity (Wildman–Crippen MR) is 55.3 cm³/mol. The highest BCUT2D eigenvalue weighted by molar-refractivity contribution is 5.81. The lowest BCUT2D eigenvalue weighted by Gasteiger charge is -2.04. The van der Waals surface area contributed by atoms with Crippen LogP contribution >= 0.6 is 0 Å². The summed E-state index contributed by atoms with van der Waals surface area (Å²) in [6, 6.07) is 0. The van der Waals surface area contributed by atoms with Crippen LogP contribution in [-0.2, 0) is 14.3 Å². The largest absolute Gasteiger partial charge is 0.463 e. The molecule has 0 amide bonds. The van der Waals surface area contributed by atoms with Crippen molar-refractivity contribution in [2.24, 2.45) is 0 Å². The second kappa shape index (κ2) is 4.77. The molecule has 1 unspecified atom stereocenters. The molecule has 4 nitrogen and oxygen atoms in total. The van der Waals surface area contributed by atoms with Crippen LogP contribution in [0.2, 0.25) is 0 Å². The first-order valence-corrected chi connectivity index (χ1v) is 5.16. The molecule has 0 bridgehead atoms. The summed E-state index contributed by atoms with van der Waals surface area (Å²) in [7, 11) is 0. The van der Waals surface area contributed by atoms with Crippen LogP contribution in [0.25, 0.3) is 0 Å². The lowest BCUT2D eigenvalue weighted by atomic mass is 10.0. The van der Waals surface area contributed by atoms with Crippen molar-refractivity contribution in [1.29, 1.82) is 0 Å². The van der Waals surface area contributed by atoms with Crippen LogP contribution in [0.15, 0.2) is 12.2 Å². The molecule has 0 aromatic heterocycles. The number of epoxide rings is 1. The van der Waals surface area contributed by atoms with Gasteiger partial charge in [-0.3, -0.25) is 0 Å². The van der Waals surface area contributed by atoms with Crippen LogP contribution in [0.1, 0.15) is 27.2 Å². The quantitative estimate of drug-likeness (QED) is 0.422. The minimum atomic E-state index is -0.550. The zero-order chi connectivity index (χ0) is 11.5. The van der Waals surface area contributed by atoms with E-state index in [-0.39, 0.29) is 17.7 Å². The molecule has 0 aliphatic carbocycles. The van der Waals surface area contributed by atoms with Gasteiger partial charge in [-0.1, -0.05) is 6.08 Å². The summed E-state index contributed by atoms with van der Waals surface area (Å²) >= 11 is 0. The van der Waals surface area contributed by atoms with Crippen molar-refractivity contribution in [3.05, 3.63) is 12.2 Å². The van der Waals surface area contributed by atoms with Gasteiger partial charge in [0.15, 0.2) is 0 Å². The van der Waals surface area contributed by atoms with E-state index in [4.69, 9.17) is 9.47 Å². The van der Waals surface area contributed by atoms with Gasteiger partial charge in [0.25, 0.3) is 0 Å². The summed E-state index contributed by atoms with van der Waals surface area (Å²) in [4.78, 5) is 10.9. The maximum atomic E-state index is 10.9. The Morgan fingerprint density at radius 1 is 1.67 bits per heavy atom. The number of rotatable bonds is 5. The van der Waals surface area contributed by atoms with E-state index in [9.17, 15) is 9.90 Å². The third-order valence-corrected chi connectivity index (χ3v) is 2.33. The minimum absolute atomic E-state index is 0.121. The summed E-state index contributed by atoms with van der Waals surface area (Å²) in [6.45, 7) is 5.97. The number of ether oxygens (including phenoxy) is 2. The predicted octanol–water partition coefficient (Wildman–Crippen LogP) is 1.03. The lowest BCUT2D eigenvalue weighted by molar-refractivity contribution is -0.137. The highest BCUT2D eigenvalue weighted by Crippen LogP contribution is 2.38. The molecule has 0 aromatic carbocycles. The number of esters is 1. The maximum absolute atomic E-state index is 10.9. The van der Waals surface area contributed by atoms with Gasteiger partial charge in [-0.25, -0.2) is 4.79 Å². The first kappa shape index (κ1) is 12.2. The summed E-state index contributed by atoms with van der Waals surface area (Å²) in [5.41, 5.74) is -0.225. The molecular formula is C11H18O4. The molecule has 1 N–H and O–H groups in total. The Balaban J connectivity index is 2.23. The smallest absolute Gasteiger partial charge is 0.330 e. The molecule has 1 heterocycles. The molecule has 1 rings (SSSR count). The highest BCUT2D eigenvalue weighted by Gasteiger charge is 2.51. The monoisotopic (exact) mass is 214 g/mol. The lowest BCUT2D eigenvalue weighted by Crippen LogP contribution is -2.19. The SMILES string of the molecule is CCOC(=O)C=CCC(O)[C@@H]1OC1(C)C. The molecule has 86 valence electrons. The fourth-order valence-electron chi connectivity index (χ4n) is 1.45. The summed E-state index contributed by atoms with van der Waals surface area (Å²) in [6.07, 6.45) is 2.69. The normalized spacial score (nSPS) is 25.2. The Labute approximate surface area is 89.9 Å². The van der Waals surface area contributed by atoms with Crippen LogP contribution in [0, 0.1) is 0 Å². The van der Waals surface area contributed by atoms with Crippen molar-refractivity contribution in [3.63, 3.8) is 0 Å². The molecule has 1 fully saturated rings. The Morgan fingerprint density at radius 2 is 2.27 bits per heavy atom. The third-order valence-electron chi connectivity index (χ3n) is 2.33. The summed E-state index contributed by atoms with van der Waals surface area (Å²) < 4.78 is 9.97. The highest BCUT2D eigenvalue weighted by atomic mass is 16.6. The first-order valence-electron chi connectivity index (χ1n) is 5.16. The van der Waals surface area contributed by atoms with E-state index in [1.165, 1.54) is 6.08 Å². The van der Waals surface area contributed by atoms with Crippen molar-refractivity contribution in [2.75, 3.05) is 6.61 Å². The second-order valence-electron chi connectivity index (χ2n) is 4.10. The standard InChI is InChI=1S/C11H18O4/c1-4-14-9(13)7-5-6-8(12)10-11(2,3)15-10/h5,7-8,10,12H,4,6H2,1-3H3/t8?,10-/m0/s1. The van der Waals surface area contributed by atoms with Gasteiger partial charge in [0.1, 0.15) is 6.10 Å². The van der Waals surface area contributed by atoms with E-state index in [0.717, 1.165) is 0 Å². The minimum Gasteiger partial charge on any atom is -0.463 e. The fraction of sp³-hybridized carbons (Fsp3) is 0.727. The molecule has 1 aliphatic heterocycles. The van der Waals surface area contributed by atoms with Crippen molar-refractivity contribution in [1.82, 2.24) is 0 Å². The van der Waals surface area contributed by atoms with Crippen LogP contribution in [-0.4, -0.2) is 35.5 Å². The van der Waals surface area contributed by atoms with E-state index >= 15 is 0 Å². The van der Waals surface area contributed by atoms with Gasteiger partial charge in [-0.05, 0) is 27.2 Å². The van der Waals surface area contributed by atoms with Gasteiger partial charge in [-0.15, -0.1) is 0 Å². The molecule has 2 atom stereocenters. The van der Waals surface area contributed by atoms with Crippen LogP contribution in [0.4, 0.5) is 0 Å². The van der Waals surface area contributed by atoms with Crippen molar-refractivity contribution in [3.8, 4) is 0 Å². The molecule has 0 aromatic rings. The number of aliphatic hydroxyl groups is 1. The molecule has 0 spiro atoms. The Bertz CT molecular complexity index is 257. The molecular weight excluding hydrogens is 196 g/mol. The van der Waals surface area contributed by atoms with Crippen molar-refractivity contribution in [2.45, 2.75) is 45.0 Å². The maximum Gasteiger partial charge on any atom is 0.330 e. The zero-order valence-corrected chi connectivity index (χ0v) is 9.40. The zero-order valence-electron chi connectivity index (χ0n) is 9.40. The number of carbonyl (C=O) groups excluding carboxylic acids is 1. The Morgan fingerprint density at radius 3 is 2.73 bits per heavy atom. The van der Waals surface area contributed by atoms with Gasteiger partial charge < -0.3 is 14.6 Å². The van der Waals surface area contributed by atoms with Crippen molar-refractivity contribution < 1.29 is 19.4 Å². The number of hydrogen-bond acceptors (Lipinski definition) is 4. The molecule has 15 heavy (non-hydrogen) atoms. The van der Waals surface area contributed by atoms with E-state index < -0.39 is 6.10 Å². The topological polar surface area (TPSA) is 59.1 Å². The van der Waals surface area contributed by atoms with Crippen LogP contribution in [0.5, 0.6) is 0 Å². The third kappa shape index (κ3) is 3.64. The van der Waals surface area contributed by atoms with Gasteiger partial charge in [-0.2, -0.15) is 0 Å². The summed E-state index contributed by atoms with van der Waals surface area (Å²) in [5, 5.41) is 9.64.